The van der Waals surface area contributed by atoms with Gasteiger partial charge >= 0.3 is 0 Å². The average molecular weight is 421 g/mol. The van der Waals surface area contributed by atoms with Crippen LogP contribution in [0.5, 0.6) is 0 Å². The fourth-order valence-corrected chi connectivity index (χ4v) is 4.85. The van der Waals surface area contributed by atoms with Crippen LogP contribution in [0.25, 0.3) is 5.57 Å². The van der Waals surface area contributed by atoms with Gasteiger partial charge in [0, 0.05) is 36.4 Å². The van der Waals surface area contributed by atoms with Crippen LogP contribution in [0.15, 0.2) is 53.4 Å². The molecular weight excluding hydrogens is 400 g/mol. The van der Waals surface area contributed by atoms with E-state index in [1.54, 1.807) is 49.4 Å². The van der Waals surface area contributed by atoms with Gasteiger partial charge in [-0.25, -0.2) is 8.42 Å². The monoisotopic (exact) mass is 420 g/mol. The minimum Gasteiger partial charge on any atom is -0.383 e. The van der Waals surface area contributed by atoms with Crippen molar-refractivity contribution in [2.45, 2.75) is 13.0 Å². The van der Waals surface area contributed by atoms with E-state index in [-0.39, 0.29) is 17.6 Å². The Morgan fingerprint density at radius 1 is 1.21 bits per heavy atom. The third kappa shape index (κ3) is 3.65. The molecule has 1 aliphatic rings. The summed E-state index contributed by atoms with van der Waals surface area (Å²) in [5, 5.41) is 3.16. The highest BCUT2D eigenvalue weighted by Crippen LogP contribution is 2.43. The smallest absolute Gasteiger partial charge is 0.270 e. The van der Waals surface area contributed by atoms with Gasteiger partial charge in [-0.15, -0.1) is 0 Å². The molecule has 1 unspecified atom stereocenters. The van der Waals surface area contributed by atoms with E-state index in [4.69, 9.17) is 16.3 Å². The molecule has 3 rings (SSSR count). The number of sulfonamides is 1. The van der Waals surface area contributed by atoms with E-state index in [2.05, 4.69) is 5.32 Å². The summed E-state index contributed by atoms with van der Waals surface area (Å²) in [5.74, 6) is -0.680. The van der Waals surface area contributed by atoms with Crippen molar-refractivity contribution in [1.29, 1.82) is 0 Å². The predicted molar refractivity (Wildman–Crippen MR) is 111 cm³/mol. The number of anilines is 1. The summed E-state index contributed by atoms with van der Waals surface area (Å²) in [5.41, 5.74) is 2.00. The molecule has 2 aromatic carbocycles. The summed E-state index contributed by atoms with van der Waals surface area (Å²) in [6.45, 7) is 2.01. The third-order valence-corrected chi connectivity index (χ3v) is 6.53. The highest BCUT2D eigenvalue weighted by molar-refractivity contribution is 7.97. The van der Waals surface area contributed by atoms with Gasteiger partial charge in [0.15, 0.2) is 4.91 Å². The molecule has 0 fully saturated rings. The van der Waals surface area contributed by atoms with E-state index >= 15 is 0 Å². The molecule has 0 saturated carbocycles. The Bertz CT molecular complexity index is 1040. The van der Waals surface area contributed by atoms with Crippen molar-refractivity contribution in [3.8, 4) is 0 Å². The third-order valence-electron chi connectivity index (χ3n) is 4.48. The molecule has 0 aromatic heterocycles. The van der Waals surface area contributed by atoms with Gasteiger partial charge in [0.05, 0.1) is 12.3 Å². The van der Waals surface area contributed by atoms with Crippen LogP contribution in [0.3, 0.4) is 0 Å². The summed E-state index contributed by atoms with van der Waals surface area (Å²) in [6.07, 6.45) is 0. The molecule has 1 aliphatic heterocycles. The van der Waals surface area contributed by atoms with E-state index in [1.807, 2.05) is 6.07 Å². The molecule has 1 atom stereocenters. The summed E-state index contributed by atoms with van der Waals surface area (Å²) in [4.78, 5) is 12.8. The van der Waals surface area contributed by atoms with Gasteiger partial charge in [-0.05, 0) is 30.7 Å². The molecule has 0 spiro atoms. The molecule has 1 N–H and O–H groups in total. The van der Waals surface area contributed by atoms with Gasteiger partial charge < -0.3 is 10.1 Å². The topological polar surface area (TPSA) is 75.7 Å². The van der Waals surface area contributed by atoms with Gasteiger partial charge in [-0.2, -0.15) is 0 Å². The van der Waals surface area contributed by atoms with Gasteiger partial charge in [-0.1, -0.05) is 41.9 Å². The molecule has 6 nitrogen and oxygen atoms in total. The molecule has 0 bridgehead atoms. The van der Waals surface area contributed by atoms with Crippen molar-refractivity contribution >= 4 is 38.8 Å². The number of rotatable bonds is 5. The summed E-state index contributed by atoms with van der Waals surface area (Å²) in [7, 11) is -1.13. The van der Waals surface area contributed by atoms with Gasteiger partial charge in [0.25, 0.3) is 15.9 Å². The normalized spacial score (nSPS) is 16.5. The lowest BCUT2D eigenvalue weighted by atomic mass is 9.95. The van der Waals surface area contributed by atoms with Crippen LogP contribution in [-0.4, -0.2) is 41.1 Å². The first-order chi connectivity index (χ1) is 13.3. The van der Waals surface area contributed by atoms with Crippen molar-refractivity contribution in [3.63, 3.8) is 0 Å². The highest BCUT2D eigenvalue weighted by atomic mass is 35.5. The van der Waals surface area contributed by atoms with E-state index < -0.39 is 15.9 Å². The zero-order valence-electron chi connectivity index (χ0n) is 15.8. The van der Waals surface area contributed by atoms with Crippen LogP contribution in [0, 0.1) is 0 Å². The van der Waals surface area contributed by atoms with Crippen LogP contribution >= 0.6 is 11.6 Å². The molecule has 148 valence electrons. The van der Waals surface area contributed by atoms with Crippen molar-refractivity contribution < 1.29 is 17.9 Å². The fourth-order valence-electron chi connectivity index (χ4n) is 3.20. The molecule has 1 heterocycles. The first-order valence-corrected chi connectivity index (χ1v) is 10.5. The molecular formula is C20H21ClN2O4S. The Hall–Kier alpha value is -2.35. The second-order valence-corrected chi connectivity index (χ2v) is 8.88. The van der Waals surface area contributed by atoms with Crippen molar-refractivity contribution in [2.75, 3.05) is 25.1 Å². The summed E-state index contributed by atoms with van der Waals surface area (Å²) < 4.78 is 32.7. The number of benzene rings is 2. The van der Waals surface area contributed by atoms with Gasteiger partial charge in [0.1, 0.15) is 0 Å². The first kappa shape index (κ1) is 20.4. The summed E-state index contributed by atoms with van der Waals surface area (Å²) >= 11 is 6.19. The Balaban J connectivity index is 2.31. The van der Waals surface area contributed by atoms with Gasteiger partial charge in [0.2, 0.25) is 0 Å². The van der Waals surface area contributed by atoms with Crippen LogP contribution in [-0.2, 0) is 19.6 Å². The van der Waals surface area contributed by atoms with Crippen LogP contribution in [0.4, 0.5) is 5.69 Å². The molecule has 2 aromatic rings. The summed E-state index contributed by atoms with van der Waals surface area (Å²) in [6, 6.07) is 13.5. The number of carbonyl (C=O) groups is 1. The van der Waals surface area contributed by atoms with E-state index in [0.29, 0.717) is 27.4 Å². The number of fused-ring (bicyclic) bond motifs is 1. The Kier molecular flexibility index (Phi) is 5.79. The zero-order valence-corrected chi connectivity index (χ0v) is 17.3. The number of methoxy groups -OCH3 is 1. The molecule has 8 heteroatoms. The van der Waals surface area contributed by atoms with E-state index in [0.717, 1.165) is 4.31 Å². The van der Waals surface area contributed by atoms with Crippen molar-refractivity contribution in [2.24, 2.45) is 0 Å². The lowest BCUT2D eigenvalue weighted by molar-refractivity contribution is -0.117. The van der Waals surface area contributed by atoms with E-state index in [1.165, 1.54) is 14.2 Å². The standard InChI is InChI=1S/C20H21ClN2O4S/c1-13(12-27-3)22-20(24)19-18(14-7-5-4-6-8-14)16-11-15(21)9-10-17(16)23(2)28(19,25)26/h4-11,13H,12H2,1-3H3,(H,22,24). The van der Waals surface area contributed by atoms with Crippen LogP contribution < -0.4 is 9.62 Å². The fraction of sp³-hybridized carbons (Fsp3) is 0.250. The lowest BCUT2D eigenvalue weighted by Gasteiger charge is -2.31. The molecule has 0 radical (unpaired) electrons. The minimum absolute atomic E-state index is 0.262. The quantitative estimate of drug-likeness (QED) is 0.806. The Labute approximate surface area is 169 Å². The Morgan fingerprint density at radius 2 is 1.89 bits per heavy atom. The second-order valence-electron chi connectivity index (χ2n) is 6.53. The number of amides is 1. The van der Waals surface area contributed by atoms with Crippen molar-refractivity contribution in [3.05, 3.63) is 69.6 Å². The highest BCUT2D eigenvalue weighted by Gasteiger charge is 2.40. The number of hydrogen-bond acceptors (Lipinski definition) is 4. The number of halogens is 1. The van der Waals surface area contributed by atoms with Crippen molar-refractivity contribution in [1.82, 2.24) is 5.32 Å². The number of ether oxygens (including phenoxy) is 1. The van der Waals surface area contributed by atoms with Crippen LogP contribution in [0.1, 0.15) is 18.1 Å². The number of nitrogens with zero attached hydrogens (tertiary/aromatic N) is 1. The van der Waals surface area contributed by atoms with Gasteiger partial charge in [-0.3, -0.25) is 9.10 Å². The minimum atomic E-state index is -4.07. The molecule has 0 saturated heterocycles. The second kappa shape index (κ2) is 7.95. The SMILES string of the molecule is COCC(C)NC(=O)C1=C(c2ccccc2)c2cc(Cl)ccc2N(C)S1(=O)=O. The Morgan fingerprint density at radius 3 is 2.54 bits per heavy atom. The lowest BCUT2D eigenvalue weighted by Crippen LogP contribution is -2.43. The number of nitrogens with one attached hydrogen (secondary N) is 1. The van der Waals surface area contributed by atoms with Crippen LogP contribution in [0.2, 0.25) is 5.02 Å². The maximum absolute atomic E-state index is 13.3. The maximum atomic E-state index is 13.3. The number of hydrogen-bond donors (Lipinski definition) is 1. The number of carbonyl (C=O) groups excluding carboxylic acids is 1. The maximum Gasteiger partial charge on any atom is 0.270 e. The molecule has 28 heavy (non-hydrogen) atoms. The molecule has 0 aliphatic carbocycles. The first-order valence-electron chi connectivity index (χ1n) is 8.65. The largest absolute Gasteiger partial charge is 0.383 e. The molecule has 1 amide bonds. The van der Waals surface area contributed by atoms with E-state index in [9.17, 15) is 13.2 Å². The predicted octanol–water partition coefficient (Wildman–Crippen LogP) is 3.03. The zero-order chi connectivity index (χ0) is 20.5. The average Bonchev–Trinajstić information content (AvgIpc) is 2.65.